The first-order chi connectivity index (χ1) is 8.90. The number of benzene rings is 2. The van der Waals surface area contributed by atoms with Crippen LogP contribution >= 0.6 is 11.6 Å². The molecule has 2 N–H and O–H groups in total. The quantitative estimate of drug-likeness (QED) is 0.662. The van der Waals surface area contributed by atoms with Gasteiger partial charge in [0.25, 0.3) is 0 Å². The van der Waals surface area contributed by atoms with Crippen LogP contribution in [-0.2, 0) is 0 Å². The van der Waals surface area contributed by atoms with Gasteiger partial charge in [-0.15, -0.1) is 0 Å². The fourth-order valence-corrected chi connectivity index (χ4v) is 2.57. The minimum absolute atomic E-state index is 0.0741. The minimum Gasteiger partial charge on any atom is -0.398 e. The lowest BCUT2D eigenvalue weighted by Gasteiger charge is -2.12. The van der Waals surface area contributed by atoms with Gasteiger partial charge in [0.1, 0.15) is 0 Å². The van der Waals surface area contributed by atoms with Crippen LogP contribution in [0.15, 0.2) is 30.3 Å². The molecule has 0 bridgehead atoms. The van der Waals surface area contributed by atoms with Gasteiger partial charge in [-0.25, -0.2) is 0 Å². The van der Waals surface area contributed by atoms with Gasteiger partial charge in [-0.2, -0.15) is 0 Å². The number of ketones is 1. The average Bonchev–Trinajstić information content (AvgIpc) is 2.30. The molecule has 0 fully saturated rings. The number of hydrogen-bond acceptors (Lipinski definition) is 2. The molecule has 3 heteroatoms. The predicted molar refractivity (Wildman–Crippen MR) is 79.9 cm³/mol. The van der Waals surface area contributed by atoms with Gasteiger partial charge in [0, 0.05) is 21.8 Å². The molecule has 0 unspecified atom stereocenters. The number of carbonyl (C=O) groups excluding carboxylic acids is 1. The second kappa shape index (κ2) is 5.06. The molecule has 98 valence electrons. The van der Waals surface area contributed by atoms with E-state index in [4.69, 9.17) is 17.3 Å². The van der Waals surface area contributed by atoms with E-state index >= 15 is 0 Å². The summed E-state index contributed by atoms with van der Waals surface area (Å²) in [5.41, 5.74) is 10.6. The Morgan fingerprint density at radius 3 is 2.21 bits per heavy atom. The van der Waals surface area contributed by atoms with Crippen LogP contribution < -0.4 is 5.73 Å². The van der Waals surface area contributed by atoms with E-state index in [1.54, 1.807) is 18.2 Å². The summed E-state index contributed by atoms with van der Waals surface area (Å²) in [4.78, 5) is 12.6. The number of rotatable bonds is 2. The molecule has 0 radical (unpaired) electrons. The molecule has 19 heavy (non-hydrogen) atoms. The lowest BCUT2D eigenvalue weighted by Crippen LogP contribution is -2.09. The van der Waals surface area contributed by atoms with Crippen molar-refractivity contribution in [1.82, 2.24) is 0 Å². The van der Waals surface area contributed by atoms with Crippen molar-refractivity contribution in [2.75, 3.05) is 5.73 Å². The first-order valence-corrected chi connectivity index (χ1v) is 6.45. The summed E-state index contributed by atoms with van der Waals surface area (Å²) in [5, 5.41) is 0.514. The van der Waals surface area contributed by atoms with Gasteiger partial charge in [0.2, 0.25) is 0 Å². The van der Waals surface area contributed by atoms with Crippen molar-refractivity contribution >= 4 is 23.1 Å². The van der Waals surface area contributed by atoms with Crippen LogP contribution in [0.5, 0.6) is 0 Å². The van der Waals surface area contributed by atoms with Crippen LogP contribution in [0.4, 0.5) is 5.69 Å². The number of nitrogen functional groups attached to an aromatic ring is 1. The monoisotopic (exact) mass is 273 g/mol. The molecule has 2 aromatic rings. The van der Waals surface area contributed by atoms with Crippen molar-refractivity contribution in [2.45, 2.75) is 20.8 Å². The van der Waals surface area contributed by atoms with E-state index in [9.17, 15) is 4.79 Å². The van der Waals surface area contributed by atoms with Crippen LogP contribution in [0.1, 0.15) is 32.6 Å². The number of aryl methyl sites for hydroxylation is 3. The Kier molecular flexibility index (Phi) is 3.63. The summed E-state index contributed by atoms with van der Waals surface area (Å²) in [7, 11) is 0. The Morgan fingerprint density at radius 2 is 1.63 bits per heavy atom. The van der Waals surface area contributed by atoms with E-state index in [-0.39, 0.29) is 5.78 Å². The van der Waals surface area contributed by atoms with Gasteiger partial charge in [-0.1, -0.05) is 29.3 Å². The Hall–Kier alpha value is -1.80. The molecule has 0 aliphatic carbocycles. The summed E-state index contributed by atoms with van der Waals surface area (Å²) < 4.78 is 0. The number of carbonyl (C=O) groups is 1. The summed E-state index contributed by atoms with van der Waals surface area (Å²) in [6.07, 6.45) is 0. The molecule has 0 amide bonds. The van der Waals surface area contributed by atoms with Crippen LogP contribution in [-0.4, -0.2) is 5.78 Å². The van der Waals surface area contributed by atoms with Crippen molar-refractivity contribution in [3.05, 3.63) is 63.2 Å². The molecular formula is C16H16ClNO. The maximum absolute atomic E-state index is 12.6. The van der Waals surface area contributed by atoms with E-state index in [1.165, 1.54) is 0 Å². The fourth-order valence-electron chi connectivity index (χ4n) is 2.40. The number of hydrogen-bond donors (Lipinski definition) is 1. The summed E-state index contributed by atoms with van der Waals surface area (Å²) >= 11 is 5.95. The lowest BCUT2D eigenvalue weighted by molar-refractivity contribution is 0.103. The zero-order valence-corrected chi connectivity index (χ0v) is 12.0. The largest absolute Gasteiger partial charge is 0.398 e. The van der Waals surface area contributed by atoms with E-state index in [0.29, 0.717) is 21.8 Å². The van der Waals surface area contributed by atoms with E-state index < -0.39 is 0 Å². The Bertz CT molecular complexity index is 639. The summed E-state index contributed by atoms with van der Waals surface area (Å²) in [6.45, 7) is 5.89. The smallest absolute Gasteiger partial charge is 0.195 e. The highest BCUT2D eigenvalue weighted by atomic mass is 35.5. The number of nitrogens with two attached hydrogens (primary N) is 1. The van der Waals surface area contributed by atoms with E-state index in [2.05, 4.69) is 0 Å². The van der Waals surface area contributed by atoms with Crippen LogP contribution in [0.2, 0.25) is 5.02 Å². The van der Waals surface area contributed by atoms with Crippen molar-refractivity contribution < 1.29 is 4.79 Å². The van der Waals surface area contributed by atoms with E-state index in [0.717, 1.165) is 16.7 Å². The Morgan fingerprint density at radius 1 is 1.05 bits per heavy atom. The molecule has 0 aromatic heterocycles. The molecule has 2 rings (SSSR count). The molecule has 0 heterocycles. The summed E-state index contributed by atoms with van der Waals surface area (Å²) in [5.74, 6) is -0.0741. The third kappa shape index (κ3) is 2.64. The maximum Gasteiger partial charge on any atom is 0.195 e. The molecule has 0 aliphatic rings. The average molecular weight is 274 g/mol. The maximum atomic E-state index is 12.6. The van der Waals surface area contributed by atoms with Gasteiger partial charge in [-0.05, 0) is 50.1 Å². The predicted octanol–water partition coefficient (Wildman–Crippen LogP) is 4.08. The van der Waals surface area contributed by atoms with Gasteiger partial charge >= 0.3 is 0 Å². The van der Waals surface area contributed by atoms with E-state index in [1.807, 2.05) is 32.9 Å². The van der Waals surface area contributed by atoms with Crippen molar-refractivity contribution in [1.29, 1.82) is 0 Å². The second-order valence-corrected chi connectivity index (χ2v) is 5.27. The summed E-state index contributed by atoms with van der Waals surface area (Å²) in [6, 6.07) is 8.97. The van der Waals surface area contributed by atoms with Crippen LogP contribution in [0, 0.1) is 20.8 Å². The third-order valence-corrected chi connectivity index (χ3v) is 3.40. The number of halogens is 1. The zero-order valence-electron chi connectivity index (χ0n) is 11.3. The highest BCUT2D eigenvalue weighted by Crippen LogP contribution is 2.25. The highest BCUT2D eigenvalue weighted by Gasteiger charge is 2.17. The fraction of sp³-hybridized carbons (Fsp3) is 0.188. The van der Waals surface area contributed by atoms with Gasteiger partial charge < -0.3 is 5.73 Å². The van der Waals surface area contributed by atoms with Crippen LogP contribution in [0.25, 0.3) is 0 Å². The van der Waals surface area contributed by atoms with Crippen molar-refractivity contribution in [3.8, 4) is 0 Å². The Balaban J connectivity index is 2.59. The molecular weight excluding hydrogens is 258 g/mol. The Labute approximate surface area is 118 Å². The second-order valence-electron chi connectivity index (χ2n) is 4.83. The number of anilines is 1. The minimum atomic E-state index is -0.0741. The molecule has 0 atom stereocenters. The highest BCUT2D eigenvalue weighted by molar-refractivity contribution is 6.31. The first kappa shape index (κ1) is 13.6. The standard InChI is InChI=1S/C16H16ClNO/c1-9-6-10(2)15(11(3)7-9)16(19)13-8-12(17)4-5-14(13)18/h4-8H,18H2,1-3H3. The van der Waals surface area contributed by atoms with Crippen LogP contribution in [0.3, 0.4) is 0 Å². The normalized spacial score (nSPS) is 10.5. The van der Waals surface area contributed by atoms with Gasteiger partial charge in [-0.3, -0.25) is 4.79 Å². The molecule has 0 saturated carbocycles. The van der Waals surface area contributed by atoms with Crippen molar-refractivity contribution in [3.63, 3.8) is 0 Å². The zero-order chi connectivity index (χ0) is 14.2. The van der Waals surface area contributed by atoms with Gasteiger partial charge in [0.05, 0.1) is 0 Å². The lowest BCUT2D eigenvalue weighted by atomic mass is 9.92. The molecule has 2 nitrogen and oxygen atoms in total. The van der Waals surface area contributed by atoms with Gasteiger partial charge in [0.15, 0.2) is 5.78 Å². The molecule has 0 spiro atoms. The molecule has 0 saturated heterocycles. The molecule has 2 aromatic carbocycles. The SMILES string of the molecule is Cc1cc(C)c(C(=O)c2cc(Cl)ccc2N)c(C)c1. The first-order valence-electron chi connectivity index (χ1n) is 6.07. The molecule has 0 aliphatic heterocycles. The topological polar surface area (TPSA) is 43.1 Å². The van der Waals surface area contributed by atoms with Crippen molar-refractivity contribution in [2.24, 2.45) is 0 Å². The third-order valence-electron chi connectivity index (χ3n) is 3.16.